The molecule has 1 atom stereocenters. The molecule has 1 fully saturated rings. The third kappa shape index (κ3) is 2.73. The Bertz CT molecular complexity index is 428. The number of hydrogen-bond donors (Lipinski definition) is 2. The van der Waals surface area contributed by atoms with Crippen molar-refractivity contribution >= 4 is 11.6 Å². The number of rotatable bonds is 3. The smallest absolute Gasteiger partial charge is 0.177 e. The van der Waals surface area contributed by atoms with Crippen LogP contribution in [0.5, 0.6) is 11.5 Å². The van der Waals surface area contributed by atoms with Crippen molar-refractivity contribution in [3.05, 3.63) is 22.2 Å². The fraction of sp³-hybridized carbons (Fsp3) is 0.571. The molecular weight excluding hydrogens is 250 g/mol. The Labute approximate surface area is 113 Å². The van der Waals surface area contributed by atoms with E-state index in [1.165, 1.54) is 20.0 Å². The van der Waals surface area contributed by atoms with Gasteiger partial charge in [0.05, 0.1) is 12.1 Å². The van der Waals surface area contributed by atoms with E-state index in [1.807, 2.05) is 13.0 Å². The molecule has 1 aliphatic heterocycles. The highest BCUT2D eigenvalue weighted by Crippen LogP contribution is 2.39. The minimum absolute atomic E-state index is 0.0588. The third-order valence-corrected chi connectivity index (χ3v) is 4.05. The van der Waals surface area contributed by atoms with Gasteiger partial charge in [-0.1, -0.05) is 11.6 Å². The SMILES string of the molecule is COc1cc(C)c(CC2CCCNC2)c(Cl)c1O. The molecule has 2 rings (SSSR count). The number of nitrogens with one attached hydrogen (secondary N) is 1. The molecule has 0 spiro atoms. The molecule has 0 amide bonds. The fourth-order valence-electron chi connectivity index (χ4n) is 2.57. The summed E-state index contributed by atoms with van der Waals surface area (Å²) in [6.45, 7) is 4.15. The maximum atomic E-state index is 9.96. The van der Waals surface area contributed by atoms with E-state index < -0.39 is 0 Å². The first kappa shape index (κ1) is 13.5. The Kier molecular flexibility index (Phi) is 4.36. The van der Waals surface area contributed by atoms with Crippen LogP contribution in [0.1, 0.15) is 24.0 Å². The van der Waals surface area contributed by atoms with Gasteiger partial charge in [0.2, 0.25) is 0 Å². The molecule has 4 heteroatoms. The molecule has 0 bridgehead atoms. The van der Waals surface area contributed by atoms with Gasteiger partial charge < -0.3 is 15.2 Å². The lowest BCUT2D eigenvalue weighted by molar-refractivity contribution is 0.366. The molecule has 1 heterocycles. The quantitative estimate of drug-likeness (QED) is 0.887. The molecule has 100 valence electrons. The summed E-state index contributed by atoms with van der Waals surface area (Å²) >= 11 is 6.25. The number of piperidine rings is 1. The van der Waals surface area contributed by atoms with E-state index in [-0.39, 0.29) is 5.75 Å². The summed E-state index contributed by atoms with van der Waals surface area (Å²) in [6.07, 6.45) is 3.34. The molecule has 0 radical (unpaired) electrons. The maximum Gasteiger partial charge on any atom is 0.177 e. The van der Waals surface area contributed by atoms with Gasteiger partial charge in [0, 0.05) is 0 Å². The molecule has 1 aromatic rings. The van der Waals surface area contributed by atoms with Gasteiger partial charge in [-0.25, -0.2) is 0 Å². The highest BCUT2D eigenvalue weighted by Gasteiger charge is 2.20. The second-order valence-electron chi connectivity index (χ2n) is 4.95. The van der Waals surface area contributed by atoms with Gasteiger partial charge in [0.25, 0.3) is 0 Å². The predicted octanol–water partition coefficient (Wildman–Crippen LogP) is 2.90. The fourth-order valence-corrected chi connectivity index (χ4v) is 2.89. The van der Waals surface area contributed by atoms with E-state index in [9.17, 15) is 5.11 Å². The van der Waals surface area contributed by atoms with Crippen molar-refractivity contribution in [2.75, 3.05) is 20.2 Å². The van der Waals surface area contributed by atoms with E-state index in [4.69, 9.17) is 16.3 Å². The average molecular weight is 270 g/mol. The molecule has 0 aromatic heterocycles. The van der Waals surface area contributed by atoms with Crippen molar-refractivity contribution in [1.29, 1.82) is 0 Å². The number of phenols is 1. The molecule has 18 heavy (non-hydrogen) atoms. The lowest BCUT2D eigenvalue weighted by Crippen LogP contribution is -2.31. The highest BCUT2D eigenvalue weighted by molar-refractivity contribution is 6.33. The first-order valence-corrected chi connectivity index (χ1v) is 6.77. The summed E-state index contributed by atoms with van der Waals surface area (Å²) in [7, 11) is 1.54. The number of phenolic OH excluding ortho intramolecular Hbond substituents is 1. The third-order valence-electron chi connectivity index (χ3n) is 3.64. The van der Waals surface area contributed by atoms with E-state index >= 15 is 0 Å². The Morgan fingerprint density at radius 1 is 1.56 bits per heavy atom. The molecule has 0 saturated carbocycles. The molecule has 1 unspecified atom stereocenters. The zero-order chi connectivity index (χ0) is 13.1. The van der Waals surface area contributed by atoms with Gasteiger partial charge in [-0.15, -0.1) is 0 Å². The molecule has 1 aromatic carbocycles. The zero-order valence-corrected chi connectivity index (χ0v) is 11.7. The van der Waals surface area contributed by atoms with Crippen LogP contribution in [-0.4, -0.2) is 25.3 Å². The average Bonchev–Trinajstić information content (AvgIpc) is 2.40. The van der Waals surface area contributed by atoms with E-state index in [0.29, 0.717) is 16.7 Å². The van der Waals surface area contributed by atoms with Gasteiger partial charge in [-0.05, 0) is 62.4 Å². The molecular formula is C14H20ClNO2. The normalized spacial score (nSPS) is 19.8. The van der Waals surface area contributed by atoms with Crippen LogP contribution in [0, 0.1) is 12.8 Å². The van der Waals surface area contributed by atoms with Crippen LogP contribution in [0.4, 0.5) is 0 Å². The topological polar surface area (TPSA) is 41.5 Å². The van der Waals surface area contributed by atoms with Gasteiger partial charge >= 0.3 is 0 Å². The number of benzene rings is 1. The minimum Gasteiger partial charge on any atom is -0.503 e. The first-order chi connectivity index (χ1) is 8.63. The van der Waals surface area contributed by atoms with Gasteiger partial charge in [0.1, 0.15) is 0 Å². The van der Waals surface area contributed by atoms with Gasteiger partial charge in [0.15, 0.2) is 11.5 Å². The highest BCUT2D eigenvalue weighted by atomic mass is 35.5. The number of aryl methyl sites for hydroxylation is 1. The van der Waals surface area contributed by atoms with E-state index in [0.717, 1.165) is 30.6 Å². The summed E-state index contributed by atoms with van der Waals surface area (Å²) in [5.74, 6) is 1.11. The summed E-state index contributed by atoms with van der Waals surface area (Å²) in [4.78, 5) is 0. The Morgan fingerprint density at radius 2 is 2.33 bits per heavy atom. The van der Waals surface area contributed by atoms with Crippen LogP contribution >= 0.6 is 11.6 Å². The first-order valence-electron chi connectivity index (χ1n) is 6.39. The molecule has 3 nitrogen and oxygen atoms in total. The summed E-state index contributed by atoms with van der Waals surface area (Å²) in [6, 6.07) is 1.85. The minimum atomic E-state index is 0.0588. The van der Waals surface area contributed by atoms with E-state index in [2.05, 4.69) is 5.32 Å². The standard InChI is InChI=1S/C14H20ClNO2/c1-9-6-12(18-2)14(17)13(15)11(9)7-10-4-3-5-16-8-10/h6,10,16-17H,3-5,7-8H2,1-2H3. The zero-order valence-electron chi connectivity index (χ0n) is 10.9. The predicted molar refractivity (Wildman–Crippen MR) is 73.7 cm³/mol. The number of halogens is 1. The van der Waals surface area contributed by atoms with E-state index in [1.54, 1.807) is 0 Å². The van der Waals surface area contributed by atoms with Crippen LogP contribution < -0.4 is 10.1 Å². The van der Waals surface area contributed by atoms with Gasteiger partial charge in [-0.2, -0.15) is 0 Å². The lowest BCUT2D eigenvalue weighted by Gasteiger charge is -2.24. The van der Waals surface area contributed by atoms with Crippen LogP contribution in [-0.2, 0) is 6.42 Å². The number of hydrogen-bond acceptors (Lipinski definition) is 3. The van der Waals surface area contributed by atoms with Crippen molar-refractivity contribution in [2.45, 2.75) is 26.2 Å². The van der Waals surface area contributed by atoms with Crippen LogP contribution in [0.3, 0.4) is 0 Å². The maximum absolute atomic E-state index is 9.96. The summed E-state index contributed by atoms with van der Waals surface area (Å²) in [5.41, 5.74) is 2.13. The Balaban J connectivity index is 2.24. The summed E-state index contributed by atoms with van der Waals surface area (Å²) < 4.78 is 5.10. The second-order valence-corrected chi connectivity index (χ2v) is 5.33. The number of methoxy groups -OCH3 is 1. The second kappa shape index (κ2) is 5.81. The van der Waals surface area contributed by atoms with Crippen LogP contribution in [0.25, 0.3) is 0 Å². The van der Waals surface area contributed by atoms with Crippen LogP contribution in [0.15, 0.2) is 6.07 Å². The Morgan fingerprint density at radius 3 is 2.94 bits per heavy atom. The molecule has 1 saturated heterocycles. The monoisotopic (exact) mass is 269 g/mol. The van der Waals surface area contributed by atoms with Gasteiger partial charge in [-0.3, -0.25) is 0 Å². The van der Waals surface area contributed by atoms with Crippen molar-refractivity contribution in [2.24, 2.45) is 5.92 Å². The molecule has 2 N–H and O–H groups in total. The van der Waals surface area contributed by atoms with Crippen molar-refractivity contribution < 1.29 is 9.84 Å². The molecule has 1 aliphatic rings. The van der Waals surface area contributed by atoms with Crippen molar-refractivity contribution in [3.8, 4) is 11.5 Å². The van der Waals surface area contributed by atoms with Crippen LogP contribution in [0.2, 0.25) is 5.02 Å². The van der Waals surface area contributed by atoms with Crippen molar-refractivity contribution in [3.63, 3.8) is 0 Å². The molecule has 0 aliphatic carbocycles. The largest absolute Gasteiger partial charge is 0.503 e. The number of ether oxygens (including phenoxy) is 1. The summed E-state index contributed by atoms with van der Waals surface area (Å²) in [5, 5.41) is 13.8. The Hall–Kier alpha value is -0.930. The number of aromatic hydroxyl groups is 1. The van der Waals surface area contributed by atoms with Crippen molar-refractivity contribution in [1.82, 2.24) is 5.32 Å². The lowest BCUT2D eigenvalue weighted by atomic mass is 9.90.